The highest BCUT2D eigenvalue weighted by Gasteiger charge is 2.24. The molecule has 0 amide bonds. The molecule has 12 rings (SSSR count). The lowest BCUT2D eigenvalue weighted by molar-refractivity contribution is 1.06. The van der Waals surface area contributed by atoms with Crippen molar-refractivity contribution in [2.75, 3.05) is 0 Å². The molecule has 0 radical (unpaired) electrons. The van der Waals surface area contributed by atoms with Crippen molar-refractivity contribution >= 4 is 43.6 Å². The molecular formula is C57H37N5. The fraction of sp³-hybridized carbons (Fsp3) is 0. The molecule has 3 heterocycles. The summed E-state index contributed by atoms with van der Waals surface area (Å²) in [6, 6.07) is 79.3. The third-order valence-corrected chi connectivity index (χ3v) is 12.0. The SMILES string of the molecule is c1ccc(-c2cc(-c3cccc4c3c3ccccc3n4-c3ccccc3)c3c4ccccc4n(-c4ccccc4-c4nc(-c5ccccc5)nc(-c5ccccc5)n4)c3c2)cc1. The quantitative estimate of drug-likeness (QED) is 0.162. The van der Waals surface area contributed by atoms with Crippen LogP contribution in [0.15, 0.2) is 224 Å². The molecule has 62 heavy (non-hydrogen) atoms. The third kappa shape index (κ3) is 5.82. The summed E-state index contributed by atoms with van der Waals surface area (Å²) in [5.41, 5.74) is 14.1. The van der Waals surface area contributed by atoms with E-state index in [1.165, 1.54) is 43.7 Å². The van der Waals surface area contributed by atoms with E-state index in [0.29, 0.717) is 17.5 Å². The summed E-state index contributed by atoms with van der Waals surface area (Å²) in [7, 11) is 0. The Kier molecular flexibility index (Phi) is 8.42. The maximum absolute atomic E-state index is 5.21. The van der Waals surface area contributed by atoms with Crippen molar-refractivity contribution in [2.24, 2.45) is 0 Å². The first-order chi connectivity index (χ1) is 30.8. The minimum atomic E-state index is 0.608. The summed E-state index contributed by atoms with van der Waals surface area (Å²) < 4.78 is 4.81. The van der Waals surface area contributed by atoms with Gasteiger partial charge in [-0.1, -0.05) is 170 Å². The summed E-state index contributed by atoms with van der Waals surface area (Å²) in [5, 5.41) is 4.79. The summed E-state index contributed by atoms with van der Waals surface area (Å²) in [4.78, 5) is 15.4. The smallest absolute Gasteiger partial charge is 0.166 e. The minimum Gasteiger partial charge on any atom is -0.309 e. The van der Waals surface area contributed by atoms with E-state index in [2.05, 4.69) is 197 Å². The molecule has 0 aliphatic rings. The van der Waals surface area contributed by atoms with Crippen molar-refractivity contribution in [2.45, 2.75) is 0 Å². The molecule has 0 atom stereocenters. The Morgan fingerprint density at radius 2 is 0.742 bits per heavy atom. The standard InChI is InChI=1S/C57H37N5/c1-5-20-38(21-6-1)41-36-47(43-31-19-35-51-53(43)44-28-13-16-32-48(44)61(51)42-26-11-4-12-27-42)54-45-29-14-17-33-49(45)62(52(54)37-41)50-34-18-15-30-46(50)57-59-55(39-22-7-2-8-23-39)58-56(60-57)40-24-9-3-10-25-40/h1-37H. The molecule has 0 aliphatic carbocycles. The van der Waals surface area contributed by atoms with E-state index in [4.69, 9.17) is 15.0 Å². The van der Waals surface area contributed by atoms with E-state index in [0.717, 1.165) is 50.2 Å². The van der Waals surface area contributed by atoms with Gasteiger partial charge in [-0.25, -0.2) is 15.0 Å². The van der Waals surface area contributed by atoms with Crippen LogP contribution in [0.2, 0.25) is 0 Å². The minimum absolute atomic E-state index is 0.608. The van der Waals surface area contributed by atoms with Crippen LogP contribution in [0.25, 0.3) is 111 Å². The molecule has 12 aromatic rings. The van der Waals surface area contributed by atoms with E-state index < -0.39 is 0 Å². The van der Waals surface area contributed by atoms with Gasteiger partial charge in [0.25, 0.3) is 0 Å². The lowest BCUT2D eigenvalue weighted by atomic mass is 9.92. The van der Waals surface area contributed by atoms with Crippen molar-refractivity contribution in [3.63, 3.8) is 0 Å². The van der Waals surface area contributed by atoms with Gasteiger partial charge in [-0.3, -0.25) is 0 Å². The summed E-state index contributed by atoms with van der Waals surface area (Å²) in [6.07, 6.45) is 0. The van der Waals surface area contributed by atoms with Gasteiger partial charge in [-0.05, 0) is 76.9 Å². The average Bonchev–Trinajstić information content (AvgIpc) is 3.88. The van der Waals surface area contributed by atoms with Crippen molar-refractivity contribution in [3.8, 4) is 67.8 Å². The van der Waals surface area contributed by atoms with E-state index in [-0.39, 0.29) is 0 Å². The Morgan fingerprint density at radius 3 is 1.39 bits per heavy atom. The Hall–Kier alpha value is -8.41. The van der Waals surface area contributed by atoms with Gasteiger partial charge in [-0.2, -0.15) is 0 Å². The van der Waals surface area contributed by atoms with E-state index in [1.807, 2.05) is 36.4 Å². The van der Waals surface area contributed by atoms with Crippen LogP contribution in [0.1, 0.15) is 0 Å². The maximum atomic E-state index is 5.21. The van der Waals surface area contributed by atoms with Crippen LogP contribution >= 0.6 is 0 Å². The number of benzene rings is 9. The van der Waals surface area contributed by atoms with E-state index >= 15 is 0 Å². The predicted octanol–water partition coefficient (Wildman–Crippen LogP) is 14.4. The lowest BCUT2D eigenvalue weighted by Gasteiger charge is -2.16. The highest BCUT2D eigenvalue weighted by Crippen LogP contribution is 2.46. The molecular weight excluding hydrogens is 755 g/mol. The molecule has 5 nitrogen and oxygen atoms in total. The number of nitrogens with zero attached hydrogens (tertiary/aromatic N) is 5. The third-order valence-electron chi connectivity index (χ3n) is 12.0. The normalized spacial score (nSPS) is 11.5. The maximum Gasteiger partial charge on any atom is 0.166 e. The Bertz CT molecular complexity index is 3550. The van der Waals surface area contributed by atoms with Crippen LogP contribution in [0.3, 0.4) is 0 Å². The Labute approximate surface area is 358 Å². The van der Waals surface area contributed by atoms with Gasteiger partial charge in [0, 0.05) is 43.9 Å². The Balaban J connectivity index is 1.18. The van der Waals surface area contributed by atoms with E-state index in [9.17, 15) is 0 Å². The number of rotatable bonds is 7. The zero-order valence-electron chi connectivity index (χ0n) is 33.6. The Morgan fingerprint density at radius 1 is 0.274 bits per heavy atom. The lowest BCUT2D eigenvalue weighted by Crippen LogP contribution is -2.03. The second-order valence-corrected chi connectivity index (χ2v) is 15.6. The second kappa shape index (κ2) is 14.7. The molecule has 0 bridgehead atoms. The van der Waals surface area contributed by atoms with Crippen molar-refractivity contribution in [3.05, 3.63) is 224 Å². The summed E-state index contributed by atoms with van der Waals surface area (Å²) in [5.74, 6) is 1.86. The summed E-state index contributed by atoms with van der Waals surface area (Å²) >= 11 is 0. The van der Waals surface area contributed by atoms with E-state index in [1.54, 1.807) is 0 Å². The van der Waals surface area contributed by atoms with Crippen LogP contribution in [0, 0.1) is 0 Å². The highest BCUT2D eigenvalue weighted by molar-refractivity contribution is 6.23. The largest absolute Gasteiger partial charge is 0.309 e. The second-order valence-electron chi connectivity index (χ2n) is 15.6. The van der Waals surface area contributed by atoms with Crippen molar-refractivity contribution < 1.29 is 0 Å². The molecule has 0 aliphatic heterocycles. The fourth-order valence-electron chi connectivity index (χ4n) is 9.25. The van der Waals surface area contributed by atoms with Crippen LogP contribution < -0.4 is 0 Å². The first-order valence-corrected chi connectivity index (χ1v) is 21.0. The zero-order chi connectivity index (χ0) is 41.0. The van der Waals surface area contributed by atoms with Gasteiger partial charge in [-0.15, -0.1) is 0 Å². The molecule has 0 N–H and O–H groups in total. The molecule has 3 aromatic heterocycles. The number of hydrogen-bond acceptors (Lipinski definition) is 3. The molecule has 0 spiro atoms. The number of aromatic nitrogens is 5. The molecule has 9 aromatic carbocycles. The monoisotopic (exact) mass is 791 g/mol. The zero-order valence-corrected chi connectivity index (χ0v) is 33.6. The van der Waals surface area contributed by atoms with Gasteiger partial charge in [0.1, 0.15) is 0 Å². The first-order valence-electron chi connectivity index (χ1n) is 21.0. The van der Waals surface area contributed by atoms with Gasteiger partial charge < -0.3 is 9.13 Å². The molecule has 5 heteroatoms. The molecule has 0 saturated carbocycles. The van der Waals surface area contributed by atoms with Gasteiger partial charge in [0.15, 0.2) is 17.5 Å². The van der Waals surface area contributed by atoms with Crippen molar-refractivity contribution in [1.29, 1.82) is 0 Å². The predicted molar refractivity (Wildman–Crippen MR) is 256 cm³/mol. The van der Waals surface area contributed by atoms with Gasteiger partial charge in [0.05, 0.1) is 27.8 Å². The first kappa shape index (κ1) is 35.5. The van der Waals surface area contributed by atoms with Gasteiger partial charge in [0.2, 0.25) is 0 Å². The molecule has 0 saturated heterocycles. The summed E-state index contributed by atoms with van der Waals surface area (Å²) in [6.45, 7) is 0. The van der Waals surface area contributed by atoms with Crippen molar-refractivity contribution in [1.82, 2.24) is 24.1 Å². The van der Waals surface area contributed by atoms with Crippen LogP contribution in [0.5, 0.6) is 0 Å². The number of hydrogen-bond donors (Lipinski definition) is 0. The number of fused-ring (bicyclic) bond motifs is 6. The molecule has 0 fully saturated rings. The van der Waals surface area contributed by atoms with Crippen LogP contribution in [-0.4, -0.2) is 24.1 Å². The number of para-hydroxylation sites is 4. The average molecular weight is 792 g/mol. The molecule has 0 unspecified atom stereocenters. The topological polar surface area (TPSA) is 48.5 Å². The highest BCUT2D eigenvalue weighted by atomic mass is 15.1. The molecule has 290 valence electrons. The fourth-order valence-corrected chi connectivity index (χ4v) is 9.25. The van der Waals surface area contributed by atoms with Crippen LogP contribution in [-0.2, 0) is 0 Å². The van der Waals surface area contributed by atoms with Crippen LogP contribution in [0.4, 0.5) is 0 Å². The van der Waals surface area contributed by atoms with Gasteiger partial charge >= 0.3 is 0 Å².